The third-order valence-corrected chi connectivity index (χ3v) is 4.17. The molecule has 1 aliphatic heterocycles. The fourth-order valence-electron chi connectivity index (χ4n) is 2.57. The lowest BCUT2D eigenvalue weighted by Crippen LogP contribution is -2.33. The molecule has 1 aliphatic rings. The predicted octanol–water partition coefficient (Wildman–Crippen LogP) is 2.23. The number of likely N-dealkylation sites (N-methyl/N-ethyl adjacent to an activating group) is 1. The van der Waals surface area contributed by atoms with Crippen molar-refractivity contribution in [2.45, 2.75) is 20.3 Å². The van der Waals surface area contributed by atoms with E-state index in [1.54, 1.807) is 6.20 Å². The van der Waals surface area contributed by atoms with Crippen molar-refractivity contribution >= 4 is 27.6 Å². The van der Waals surface area contributed by atoms with E-state index in [9.17, 15) is 0 Å². The molecule has 0 radical (unpaired) electrons. The maximum Gasteiger partial charge on any atom is 0.173 e. The van der Waals surface area contributed by atoms with Gasteiger partial charge in [-0.3, -0.25) is 0 Å². The normalized spacial score (nSPS) is 17.1. The summed E-state index contributed by atoms with van der Waals surface area (Å²) in [6, 6.07) is 0. The Morgan fingerprint density at radius 2 is 1.95 bits per heavy atom. The minimum absolute atomic E-state index is 0.806. The largest absolute Gasteiger partial charge is 0.354 e. The molecule has 0 saturated carbocycles. The van der Waals surface area contributed by atoms with Crippen LogP contribution in [-0.2, 0) is 0 Å². The van der Waals surface area contributed by atoms with Gasteiger partial charge in [0.05, 0.1) is 6.20 Å². The van der Waals surface area contributed by atoms with Gasteiger partial charge in [0.2, 0.25) is 0 Å². The molecule has 1 saturated heterocycles. The maximum absolute atomic E-state index is 4.70. The quantitative estimate of drug-likeness (QED) is 0.839. The third-order valence-electron chi connectivity index (χ3n) is 3.79. The van der Waals surface area contributed by atoms with Gasteiger partial charge in [-0.05, 0) is 49.8 Å². The van der Waals surface area contributed by atoms with Crippen molar-refractivity contribution in [3.63, 3.8) is 0 Å². The average molecular weight is 342 g/mol. The van der Waals surface area contributed by atoms with Gasteiger partial charge < -0.3 is 14.7 Å². The summed E-state index contributed by atoms with van der Waals surface area (Å²) in [5.74, 6) is 2.01. The Kier molecular flexibility index (Phi) is 5.60. The fourth-order valence-corrected chi connectivity index (χ4v) is 2.84. The summed E-state index contributed by atoms with van der Waals surface area (Å²) in [4.78, 5) is 16.3. The summed E-state index contributed by atoms with van der Waals surface area (Å²) < 4.78 is 0.806. The minimum atomic E-state index is 0.806. The van der Waals surface area contributed by atoms with Gasteiger partial charge in [-0.1, -0.05) is 0 Å². The van der Waals surface area contributed by atoms with Crippen LogP contribution in [0.1, 0.15) is 20.3 Å². The smallest absolute Gasteiger partial charge is 0.173 e. The molecule has 6 heteroatoms. The Hall–Kier alpha value is -0.880. The highest BCUT2D eigenvalue weighted by molar-refractivity contribution is 9.10. The second kappa shape index (κ2) is 7.22. The van der Waals surface area contributed by atoms with Crippen LogP contribution in [-0.4, -0.2) is 61.2 Å². The standard InChI is InChI=1S/C14H24BrN5/c1-4-19(5-2)13-14(17-12(15)11-16-13)20-8-6-7-18(3)9-10-20/h11H,4-10H2,1-3H3. The lowest BCUT2D eigenvalue weighted by Gasteiger charge is -2.28. The highest BCUT2D eigenvalue weighted by Crippen LogP contribution is 2.27. The summed E-state index contributed by atoms with van der Waals surface area (Å²) >= 11 is 3.46. The zero-order valence-electron chi connectivity index (χ0n) is 12.6. The molecule has 0 aliphatic carbocycles. The second-order valence-corrected chi connectivity index (χ2v) is 5.97. The highest BCUT2D eigenvalue weighted by Gasteiger charge is 2.20. The van der Waals surface area contributed by atoms with Crippen LogP contribution in [0.5, 0.6) is 0 Å². The summed E-state index contributed by atoms with van der Waals surface area (Å²) in [7, 11) is 2.18. The average Bonchev–Trinajstić information content (AvgIpc) is 2.66. The van der Waals surface area contributed by atoms with Crippen LogP contribution in [0.15, 0.2) is 10.8 Å². The highest BCUT2D eigenvalue weighted by atomic mass is 79.9. The molecule has 0 amide bonds. The first-order valence-corrected chi connectivity index (χ1v) is 8.16. The van der Waals surface area contributed by atoms with E-state index in [0.717, 1.165) is 55.5 Å². The number of hydrogen-bond donors (Lipinski definition) is 0. The summed E-state index contributed by atoms with van der Waals surface area (Å²) in [5.41, 5.74) is 0. The van der Waals surface area contributed by atoms with Gasteiger partial charge in [0.15, 0.2) is 11.6 Å². The van der Waals surface area contributed by atoms with Crippen LogP contribution in [0.25, 0.3) is 0 Å². The van der Waals surface area contributed by atoms with Crippen molar-refractivity contribution in [3.05, 3.63) is 10.8 Å². The van der Waals surface area contributed by atoms with Crippen molar-refractivity contribution in [2.75, 3.05) is 56.1 Å². The first-order valence-electron chi connectivity index (χ1n) is 7.36. The molecule has 2 heterocycles. The molecule has 5 nitrogen and oxygen atoms in total. The molecule has 20 heavy (non-hydrogen) atoms. The topological polar surface area (TPSA) is 35.5 Å². The predicted molar refractivity (Wildman–Crippen MR) is 87.6 cm³/mol. The second-order valence-electron chi connectivity index (χ2n) is 5.16. The van der Waals surface area contributed by atoms with E-state index in [1.807, 2.05) is 0 Å². The van der Waals surface area contributed by atoms with Gasteiger partial charge in [0.1, 0.15) is 4.60 Å². The number of anilines is 2. The third kappa shape index (κ3) is 3.61. The van der Waals surface area contributed by atoms with Crippen LogP contribution in [0, 0.1) is 0 Å². The molecule has 1 aromatic heterocycles. The van der Waals surface area contributed by atoms with E-state index in [0.29, 0.717) is 0 Å². The van der Waals surface area contributed by atoms with Gasteiger partial charge in [0, 0.05) is 32.7 Å². The van der Waals surface area contributed by atoms with Crippen molar-refractivity contribution in [3.8, 4) is 0 Å². The first-order chi connectivity index (χ1) is 9.65. The lowest BCUT2D eigenvalue weighted by atomic mass is 10.3. The van der Waals surface area contributed by atoms with E-state index in [-0.39, 0.29) is 0 Å². The molecule has 0 atom stereocenters. The molecule has 0 bridgehead atoms. The monoisotopic (exact) mass is 341 g/mol. The van der Waals surface area contributed by atoms with Crippen LogP contribution in [0.2, 0.25) is 0 Å². The van der Waals surface area contributed by atoms with E-state index < -0.39 is 0 Å². The Bertz CT molecular complexity index is 436. The van der Waals surface area contributed by atoms with Gasteiger partial charge >= 0.3 is 0 Å². The van der Waals surface area contributed by atoms with E-state index in [4.69, 9.17) is 4.98 Å². The van der Waals surface area contributed by atoms with Crippen LogP contribution < -0.4 is 9.80 Å². The molecule has 112 valence electrons. The summed E-state index contributed by atoms with van der Waals surface area (Å²) in [5, 5.41) is 0. The van der Waals surface area contributed by atoms with Gasteiger partial charge in [-0.15, -0.1) is 0 Å². The number of rotatable bonds is 4. The molecule has 0 aromatic carbocycles. The Balaban J connectivity index is 2.30. The molecule has 1 fully saturated rings. The minimum Gasteiger partial charge on any atom is -0.354 e. The fraction of sp³-hybridized carbons (Fsp3) is 0.714. The van der Waals surface area contributed by atoms with Crippen LogP contribution >= 0.6 is 15.9 Å². The van der Waals surface area contributed by atoms with E-state index in [1.165, 1.54) is 6.42 Å². The molecule has 0 unspecified atom stereocenters. The molecule has 1 aromatic rings. The maximum atomic E-state index is 4.70. The molecular weight excluding hydrogens is 318 g/mol. The van der Waals surface area contributed by atoms with Crippen molar-refractivity contribution < 1.29 is 0 Å². The number of hydrogen-bond acceptors (Lipinski definition) is 5. The molecule has 2 rings (SSSR count). The number of aromatic nitrogens is 2. The zero-order chi connectivity index (χ0) is 14.5. The van der Waals surface area contributed by atoms with Crippen molar-refractivity contribution in [1.29, 1.82) is 0 Å². The van der Waals surface area contributed by atoms with Gasteiger partial charge in [-0.2, -0.15) is 0 Å². The van der Waals surface area contributed by atoms with Crippen molar-refractivity contribution in [2.24, 2.45) is 0 Å². The zero-order valence-corrected chi connectivity index (χ0v) is 14.2. The molecule has 0 N–H and O–H groups in total. The van der Waals surface area contributed by atoms with Gasteiger partial charge in [-0.25, -0.2) is 9.97 Å². The first kappa shape index (κ1) is 15.5. The molecular formula is C14H24BrN5. The van der Waals surface area contributed by atoms with Crippen LogP contribution in [0.4, 0.5) is 11.6 Å². The SMILES string of the molecule is CCN(CC)c1ncc(Br)nc1N1CCCN(C)CC1. The molecule has 0 spiro atoms. The van der Waals surface area contributed by atoms with E-state index >= 15 is 0 Å². The summed E-state index contributed by atoms with van der Waals surface area (Å²) in [6.45, 7) is 10.5. The number of halogens is 1. The lowest BCUT2D eigenvalue weighted by molar-refractivity contribution is 0.360. The van der Waals surface area contributed by atoms with Crippen LogP contribution in [0.3, 0.4) is 0 Å². The Labute approximate surface area is 130 Å². The van der Waals surface area contributed by atoms with E-state index in [2.05, 4.69) is 56.5 Å². The van der Waals surface area contributed by atoms with Crippen molar-refractivity contribution in [1.82, 2.24) is 14.9 Å². The number of nitrogens with zero attached hydrogens (tertiary/aromatic N) is 5. The van der Waals surface area contributed by atoms with Gasteiger partial charge in [0.25, 0.3) is 0 Å². The summed E-state index contributed by atoms with van der Waals surface area (Å²) in [6.07, 6.45) is 2.96. The Morgan fingerprint density at radius 3 is 2.65 bits per heavy atom. The Morgan fingerprint density at radius 1 is 1.20 bits per heavy atom.